The fourth-order valence-electron chi connectivity index (χ4n) is 3.91. The smallest absolute Gasteiger partial charge is 0.273 e. The largest absolute Gasteiger partial charge is 0.497 e. The normalized spacial score (nSPS) is 14.5. The molecule has 0 unspecified atom stereocenters. The Labute approximate surface area is 190 Å². The van der Waals surface area contributed by atoms with Crippen LogP contribution in [0.25, 0.3) is 5.69 Å². The van der Waals surface area contributed by atoms with E-state index in [4.69, 9.17) is 27.8 Å². The van der Waals surface area contributed by atoms with E-state index in [0.717, 1.165) is 24.8 Å². The first kappa shape index (κ1) is 21.9. The van der Waals surface area contributed by atoms with Gasteiger partial charge in [-0.1, -0.05) is 23.7 Å². The van der Waals surface area contributed by atoms with Gasteiger partial charge in [0.05, 0.1) is 17.8 Å². The van der Waals surface area contributed by atoms with Crippen molar-refractivity contribution in [2.75, 3.05) is 18.2 Å². The Morgan fingerprint density at radius 2 is 2.03 bits per heavy atom. The highest BCUT2D eigenvalue weighted by Crippen LogP contribution is 2.39. The van der Waals surface area contributed by atoms with Crippen molar-refractivity contribution in [2.45, 2.75) is 31.7 Å². The van der Waals surface area contributed by atoms with Crippen LogP contribution in [0.1, 0.15) is 40.7 Å². The van der Waals surface area contributed by atoms with Gasteiger partial charge in [0, 0.05) is 17.3 Å². The minimum absolute atomic E-state index is 0.170. The van der Waals surface area contributed by atoms with Gasteiger partial charge in [-0.05, 0) is 55.5 Å². The van der Waals surface area contributed by atoms with Crippen LogP contribution in [0, 0.1) is 6.92 Å². The van der Waals surface area contributed by atoms with Crippen molar-refractivity contribution in [2.24, 2.45) is 5.73 Å². The zero-order chi connectivity index (χ0) is 23.0. The van der Waals surface area contributed by atoms with Crippen molar-refractivity contribution in [3.05, 3.63) is 74.8 Å². The monoisotopic (exact) mass is 453 g/mol. The fraction of sp³-hybridized carbons (Fsp3) is 0.261. The van der Waals surface area contributed by atoms with Gasteiger partial charge >= 0.3 is 0 Å². The van der Waals surface area contributed by atoms with Crippen LogP contribution in [-0.2, 0) is 5.54 Å². The molecule has 5 N–H and O–H groups in total. The zero-order valence-electron chi connectivity index (χ0n) is 17.8. The van der Waals surface area contributed by atoms with E-state index in [-0.39, 0.29) is 21.9 Å². The maximum absolute atomic E-state index is 13.2. The highest BCUT2D eigenvalue weighted by Gasteiger charge is 2.34. The lowest BCUT2D eigenvalue weighted by molar-refractivity contribution is 0.102. The average molecular weight is 454 g/mol. The van der Waals surface area contributed by atoms with E-state index in [1.165, 1.54) is 18.0 Å². The van der Waals surface area contributed by atoms with Crippen molar-refractivity contribution in [3.8, 4) is 11.4 Å². The molecule has 9 heteroatoms. The van der Waals surface area contributed by atoms with Gasteiger partial charge < -0.3 is 21.5 Å². The van der Waals surface area contributed by atoms with Gasteiger partial charge in [0.15, 0.2) is 0 Å². The topological polar surface area (TPSA) is 125 Å². The van der Waals surface area contributed by atoms with Crippen LogP contribution in [0.4, 0.5) is 11.5 Å². The summed E-state index contributed by atoms with van der Waals surface area (Å²) in [5.74, 6) is -0.278. The van der Waals surface area contributed by atoms with Gasteiger partial charge in [0.1, 0.15) is 23.5 Å². The number of hydrogen-bond donors (Lipinski definition) is 3. The third kappa shape index (κ3) is 3.83. The number of halogens is 1. The molecule has 1 saturated carbocycles. The van der Waals surface area contributed by atoms with Crippen LogP contribution in [0.2, 0.25) is 5.02 Å². The van der Waals surface area contributed by atoms with Gasteiger partial charge in [-0.3, -0.25) is 14.2 Å². The SMILES string of the molecule is COc1cc(C)c(-n2cnc(N)c(C(=O)Nc3cccc(C4(N)CCC4)c3)c2=O)c(Cl)c1. The molecule has 1 aromatic heterocycles. The van der Waals surface area contributed by atoms with Crippen LogP contribution in [0.15, 0.2) is 47.5 Å². The molecular weight excluding hydrogens is 430 g/mol. The van der Waals surface area contributed by atoms with Crippen molar-refractivity contribution in [1.29, 1.82) is 0 Å². The Morgan fingerprint density at radius 3 is 2.66 bits per heavy atom. The first-order chi connectivity index (χ1) is 15.2. The van der Waals surface area contributed by atoms with Crippen LogP contribution in [0.5, 0.6) is 5.75 Å². The van der Waals surface area contributed by atoms with Gasteiger partial charge in [-0.25, -0.2) is 4.98 Å². The standard InChI is InChI=1S/C23H24ClN5O3/c1-13-9-16(32-2)11-17(24)19(13)29-12-27-20(25)18(22(29)31)21(30)28-15-6-3-5-14(10-15)23(26)7-4-8-23/h3,5-6,9-12H,4,7-8,25-26H2,1-2H3,(H,28,30). The molecule has 8 nitrogen and oxygen atoms in total. The second-order valence-corrected chi connectivity index (χ2v) is 8.41. The number of ether oxygens (including phenoxy) is 1. The van der Waals surface area contributed by atoms with Gasteiger partial charge in [-0.15, -0.1) is 0 Å². The number of nitrogens with one attached hydrogen (secondary N) is 1. The Morgan fingerprint density at radius 1 is 1.28 bits per heavy atom. The third-order valence-electron chi connectivity index (χ3n) is 5.87. The summed E-state index contributed by atoms with van der Waals surface area (Å²) in [5, 5.41) is 3.03. The number of anilines is 2. The molecule has 1 heterocycles. The molecule has 2 aromatic carbocycles. The number of hydrogen-bond acceptors (Lipinski definition) is 6. The number of nitrogen functional groups attached to an aromatic ring is 1. The van der Waals surface area contributed by atoms with Crippen LogP contribution >= 0.6 is 11.6 Å². The molecule has 1 aliphatic carbocycles. The maximum Gasteiger partial charge on any atom is 0.273 e. The molecule has 32 heavy (non-hydrogen) atoms. The van der Waals surface area contributed by atoms with Gasteiger partial charge in [0.2, 0.25) is 0 Å². The second-order valence-electron chi connectivity index (χ2n) is 8.00. The molecular formula is C23H24ClN5O3. The van der Waals surface area contributed by atoms with Crippen molar-refractivity contribution >= 4 is 29.0 Å². The molecule has 0 aliphatic heterocycles. The predicted molar refractivity (Wildman–Crippen MR) is 125 cm³/mol. The molecule has 1 amide bonds. The Bertz CT molecular complexity index is 1240. The third-order valence-corrected chi connectivity index (χ3v) is 6.16. The van der Waals surface area contributed by atoms with E-state index in [1.807, 2.05) is 18.2 Å². The van der Waals surface area contributed by atoms with Crippen molar-refractivity contribution in [1.82, 2.24) is 9.55 Å². The summed E-state index contributed by atoms with van der Waals surface area (Å²) < 4.78 is 6.42. The molecule has 0 radical (unpaired) electrons. The predicted octanol–water partition coefficient (Wildman–Crippen LogP) is 3.38. The number of amides is 1. The number of nitrogens with zero attached hydrogens (tertiary/aromatic N) is 2. The van der Waals surface area contributed by atoms with E-state index in [0.29, 0.717) is 22.7 Å². The molecule has 166 valence electrons. The first-order valence-electron chi connectivity index (χ1n) is 10.2. The molecule has 0 atom stereocenters. The number of rotatable bonds is 5. The van der Waals surface area contributed by atoms with Crippen molar-refractivity contribution in [3.63, 3.8) is 0 Å². The van der Waals surface area contributed by atoms with Crippen molar-refractivity contribution < 1.29 is 9.53 Å². The summed E-state index contributed by atoms with van der Waals surface area (Å²) in [6.07, 6.45) is 4.12. The van der Waals surface area contributed by atoms with E-state index < -0.39 is 11.5 Å². The summed E-state index contributed by atoms with van der Waals surface area (Å²) in [4.78, 5) is 30.3. The number of carbonyl (C=O) groups excluding carboxylic acids is 1. The second kappa shape index (κ2) is 8.29. The van der Waals surface area contributed by atoms with Crippen LogP contribution in [-0.4, -0.2) is 22.6 Å². The molecule has 0 bridgehead atoms. The van der Waals surface area contributed by atoms with E-state index in [1.54, 1.807) is 25.1 Å². The lowest BCUT2D eigenvalue weighted by atomic mass is 9.73. The molecule has 1 aliphatic rings. The van der Waals surface area contributed by atoms with E-state index in [2.05, 4.69) is 10.3 Å². The molecule has 0 spiro atoms. The lowest BCUT2D eigenvalue weighted by Gasteiger charge is -2.38. The number of aryl methyl sites for hydroxylation is 1. The lowest BCUT2D eigenvalue weighted by Crippen LogP contribution is -2.43. The summed E-state index contributed by atoms with van der Waals surface area (Å²) in [6, 6.07) is 10.6. The van der Waals surface area contributed by atoms with Gasteiger partial charge in [0.25, 0.3) is 11.5 Å². The Balaban J connectivity index is 1.71. The molecule has 4 rings (SSSR count). The number of methoxy groups -OCH3 is 1. The quantitative estimate of drug-likeness (QED) is 0.543. The number of nitrogens with two attached hydrogens (primary N) is 2. The number of carbonyl (C=O) groups is 1. The summed E-state index contributed by atoms with van der Waals surface area (Å²) in [7, 11) is 1.52. The highest BCUT2D eigenvalue weighted by atomic mass is 35.5. The molecule has 0 saturated heterocycles. The average Bonchev–Trinajstić information content (AvgIpc) is 2.73. The Hall–Kier alpha value is -3.36. The number of aromatic nitrogens is 2. The van der Waals surface area contributed by atoms with E-state index in [9.17, 15) is 9.59 Å². The highest BCUT2D eigenvalue weighted by molar-refractivity contribution is 6.32. The van der Waals surface area contributed by atoms with E-state index >= 15 is 0 Å². The van der Waals surface area contributed by atoms with Crippen LogP contribution in [0.3, 0.4) is 0 Å². The van der Waals surface area contributed by atoms with Crippen LogP contribution < -0.4 is 27.1 Å². The maximum atomic E-state index is 13.2. The minimum Gasteiger partial charge on any atom is -0.497 e. The molecule has 1 fully saturated rings. The fourth-order valence-corrected chi connectivity index (χ4v) is 4.26. The summed E-state index contributed by atoms with van der Waals surface area (Å²) in [5.41, 5.74) is 13.6. The molecule has 3 aromatic rings. The zero-order valence-corrected chi connectivity index (χ0v) is 18.6. The Kier molecular flexibility index (Phi) is 5.66. The summed E-state index contributed by atoms with van der Waals surface area (Å²) in [6.45, 7) is 1.78. The number of benzene rings is 2. The first-order valence-corrected chi connectivity index (χ1v) is 10.5. The summed E-state index contributed by atoms with van der Waals surface area (Å²) >= 11 is 6.39. The minimum atomic E-state index is -0.659. The van der Waals surface area contributed by atoms with Gasteiger partial charge in [-0.2, -0.15) is 0 Å².